The molecular weight excluding hydrogens is 889 g/mol. The van der Waals surface area contributed by atoms with Crippen LogP contribution in [0.15, 0.2) is 71.2 Å². The zero-order valence-corrected chi connectivity index (χ0v) is 34.0. The number of nitrogen functional groups attached to an aromatic ring is 1. The van der Waals surface area contributed by atoms with Gasteiger partial charge in [0.2, 0.25) is 0 Å². The summed E-state index contributed by atoms with van der Waals surface area (Å²) in [6, 6.07) is 8.99. The summed E-state index contributed by atoms with van der Waals surface area (Å²) in [4.78, 5) is 45.6. The number of amidine groups is 2. The molecule has 0 spiro atoms. The van der Waals surface area contributed by atoms with Crippen LogP contribution in [0.4, 0.5) is 32.0 Å². The molecule has 0 saturated carbocycles. The number of alkyl halides is 4. The molecule has 7 N–H and O–H groups in total. The van der Waals surface area contributed by atoms with Gasteiger partial charge in [0.1, 0.15) is 39.8 Å². The number of benzene rings is 2. The molecule has 64 heavy (non-hydrogen) atoms. The zero-order valence-electron chi connectivity index (χ0n) is 32.4. The molecule has 2 aromatic heterocycles. The number of nitrogens with two attached hydrogens (primary N) is 3. The van der Waals surface area contributed by atoms with E-state index in [1.807, 2.05) is 13.8 Å². The van der Waals surface area contributed by atoms with Gasteiger partial charge in [-0.3, -0.25) is 14.8 Å². The topological polar surface area (TPSA) is 227 Å². The third kappa shape index (κ3) is 11.3. The Labute approximate surface area is 375 Å². The van der Waals surface area contributed by atoms with Crippen molar-refractivity contribution < 1.29 is 50.5 Å². The van der Waals surface area contributed by atoms with Gasteiger partial charge in [0.15, 0.2) is 21.8 Å². The Bertz CT molecular complexity index is 2320. The Kier molecular flexibility index (Phi) is 18.3. The van der Waals surface area contributed by atoms with E-state index in [0.29, 0.717) is 45.1 Å². The average molecular weight is 940 g/mol. The SMILES string of the molecule is C.C.C.C[C@H]1OC[C@]2(c3cc(CC(=O)c4cnc(C(F)F)cn4)ccc3F)N=C(N)SC[C@H]12.C[C@H]1OC[C@]2(c3cc(N)ccc3F)N=C(N)SC[C@H]12.O=C(O)c1cnc(C(F)F)cn1. The summed E-state index contributed by atoms with van der Waals surface area (Å²) in [6.45, 7) is 4.47. The van der Waals surface area contributed by atoms with Crippen LogP contribution in [0.2, 0.25) is 0 Å². The van der Waals surface area contributed by atoms with Gasteiger partial charge < -0.3 is 31.8 Å². The second kappa shape index (κ2) is 22.0. The van der Waals surface area contributed by atoms with Gasteiger partial charge in [0.25, 0.3) is 12.9 Å². The van der Waals surface area contributed by atoms with Gasteiger partial charge in [-0.05, 0) is 49.7 Å². The van der Waals surface area contributed by atoms with Crippen molar-refractivity contribution in [3.8, 4) is 0 Å². The Morgan fingerprint density at radius 1 is 0.719 bits per heavy atom. The lowest BCUT2D eigenvalue weighted by Gasteiger charge is -2.35. The number of carboxylic acid groups (broad SMARTS) is 1. The number of halogens is 6. The fourth-order valence-electron chi connectivity index (χ4n) is 7.32. The Morgan fingerprint density at radius 3 is 1.61 bits per heavy atom. The van der Waals surface area contributed by atoms with Crippen LogP contribution < -0.4 is 17.2 Å². The number of aliphatic imine (C=N–C) groups is 2. The highest BCUT2D eigenvalue weighted by Gasteiger charge is 2.54. The highest BCUT2D eigenvalue weighted by Crippen LogP contribution is 2.49. The number of Topliss-reactive ketones (excluding diaryl/α,β-unsaturated/α-hetero) is 1. The summed E-state index contributed by atoms with van der Waals surface area (Å²) in [5.41, 5.74) is 16.4. The fraction of sp³-hybridized carbons (Fsp3) is 0.429. The van der Waals surface area contributed by atoms with E-state index in [2.05, 4.69) is 29.9 Å². The number of carbonyl (C=O) groups is 2. The van der Waals surface area contributed by atoms with Crippen molar-refractivity contribution in [1.82, 2.24) is 19.9 Å². The van der Waals surface area contributed by atoms with Gasteiger partial charge in [-0.15, -0.1) is 0 Å². The van der Waals surface area contributed by atoms with Crippen LogP contribution in [-0.2, 0) is 27.0 Å². The first kappa shape index (κ1) is 53.0. The minimum atomic E-state index is -2.76. The molecule has 0 amide bonds. The minimum Gasteiger partial charge on any atom is -0.476 e. The summed E-state index contributed by atoms with van der Waals surface area (Å²) in [5.74, 6) is -0.949. The van der Waals surface area contributed by atoms with Crippen LogP contribution in [0, 0.1) is 23.5 Å². The normalized spacial score (nSPS) is 24.1. The molecule has 14 nitrogen and oxygen atoms in total. The van der Waals surface area contributed by atoms with Crippen LogP contribution in [0.1, 0.15) is 98.0 Å². The van der Waals surface area contributed by atoms with Gasteiger partial charge in [-0.25, -0.2) is 51.1 Å². The Hall–Kier alpha value is -5.32. The summed E-state index contributed by atoms with van der Waals surface area (Å²) >= 11 is 2.91. The predicted molar refractivity (Wildman–Crippen MR) is 236 cm³/mol. The predicted octanol–water partition coefficient (Wildman–Crippen LogP) is 7.99. The van der Waals surface area contributed by atoms with Gasteiger partial charge in [-0.1, -0.05) is 51.9 Å². The number of thioether (sulfide) groups is 2. The number of hydrogen-bond acceptors (Lipinski definition) is 15. The van der Waals surface area contributed by atoms with Gasteiger partial charge in [0.05, 0.1) is 50.2 Å². The van der Waals surface area contributed by atoms with Crippen molar-refractivity contribution in [2.75, 3.05) is 30.5 Å². The number of carboxylic acids is 1. The third-order valence-electron chi connectivity index (χ3n) is 10.5. The van der Waals surface area contributed by atoms with Gasteiger partial charge in [0, 0.05) is 46.6 Å². The van der Waals surface area contributed by atoms with Crippen molar-refractivity contribution in [2.24, 2.45) is 33.3 Å². The van der Waals surface area contributed by atoms with E-state index < -0.39 is 52.9 Å². The number of carbonyl (C=O) groups excluding carboxylic acids is 1. The number of ether oxygens (including phenoxy) is 2. The van der Waals surface area contributed by atoms with Gasteiger partial charge in [-0.2, -0.15) is 0 Å². The Morgan fingerprint density at radius 2 is 1.17 bits per heavy atom. The molecule has 0 aliphatic carbocycles. The quantitative estimate of drug-likeness (QED) is 0.0746. The number of anilines is 1. The Balaban J connectivity index is 0.000000275. The first-order valence-electron chi connectivity index (χ1n) is 18.4. The van der Waals surface area contributed by atoms with Crippen LogP contribution >= 0.6 is 23.5 Å². The van der Waals surface area contributed by atoms with Crippen LogP contribution in [0.25, 0.3) is 0 Å². The molecule has 2 saturated heterocycles. The van der Waals surface area contributed by atoms with E-state index in [-0.39, 0.29) is 76.6 Å². The maximum absolute atomic E-state index is 14.9. The third-order valence-corrected chi connectivity index (χ3v) is 12.4. The number of ketones is 1. The van der Waals surface area contributed by atoms with E-state index in [1.54, 1.807) is 18.2 Å². The maximum Gasteiger partial charge on any atom is 0.356 e. The monoisotopic (exact) mass is 939 g/mol. The number of nitrogens with zero attached hydrogens (tertiary/aromatic N) is 6. The zero-order chi connectivity index (χ0) is 44.2. The number of rotatable bonds is 8. The summed E-state index contributed by atoms with van der Waals surface area (Å²) in [7, 11) is 0. The highest BCUT2D eigenvalue weighted by atomic mass is 32.2. The van der Waals surface area contributed by atoms with E-state index in [9.17, 15) is 35.9 Å². The van der Waals surface area contributed by atoms with E-state index in [4.69, 9.17) is 31.8 Å². The van der Waals surface area contributed by atoms with Gasteiger partial charge >= 0.3 is 5.97 Å². The van der Waals surface area contributed by atoms with Crippen molar-refractivity contribution in [3.05, 3.63) is 112 Å². The molecule has 2 aromatic carbocycles. The highest BCUT2D eigenvalue weighted by molar-refractivity contribution is 8.14. The smallest absolute Gasteiger partial charge is 0.356 e. The summed E-state index contributed by atoms with van der Waals surface area (Å²) in [5, 5.41) is 9.18. The molecule has 0 radical (unpaired) electrons. The number of fused-ring (bicyclic) bond motifs is 2. The number of hydrogen-bond donors (Lipinski definition) is 4. The minimum absolute atomic E-state index is 0. The molecule has 6 heterocycles. The van der Waals surface area contributed by atoms with Crippen molar-refractivity contribution in [1.29, 1.82) is 0 Å². The maximum atomic E-state index is 14.9. The molecule has 4 aliphatic heterocycles. The molecule has 22 heteroatoms. The number of aromatic nitrogens is 4. The molecular formula is C42H51F6N9O5S2. The molecule has 348 valence electrons. The first-order valence-corrected chi connectivity index (χ1v) is 20.4. The molecule has 4 aromatic rings. The molecule has 2 fully saturated rings. The second-order valence-corrected chi connectivity index (χ2v) is 16.4. The standard InChI is InChI=1S/C20H19F3N4O2S.C13H16FN3OS.C6H4F2N2O2.3CH4/c1-10-13-8-30-19(24)27-20(13,9-29-10)12-4-11(2-3-14(12)21)5-17(28)15-6-26-16(7-25-15)18(22)23;1-7-10-5-19-12(16)17-13(10,6-18-7)9-4-8(15)2-3-11(9)14;7-5(8)3-1-10-4(2-9-3)6(11)12;;;/h2-4,6-7,10,13,18H,5,8-9H2,1H3,(H2,24,27);2-4,7,10H,5-6,15H2,1H3,(H2,16,17);1-2,5H,(H,11,12);3*1H4/t10-,13-,20-;7-,10-,13-;;;;/m11..../s1. The lowest BCUT2D eigenvalue weighted by Crippen LogP contribution is -2.41. The van der Waals surface area contributed by atoms with Crippen LogP contribution in [0.5, 0.6) is 0 Å². The molecule has 6 atom stereocenters. The fourth-order valence-corrected chi connectivity index (χ4v) is 9.57. The molecule has 4 aliphatic rings. The second-order valence-electron chi connectivity index (χ2n) is 14.3. The molecule has 8 rings (SSSR count). The average Bonchev–Trinajstić information content (AvgIpc) is 3.75. The van der Waals surface area contributed by atoms with E-state index in [1.165, 1.54) is 41.7 Å². The van der Waals surface area contributed by atoms with Crippen LogP contribution in [0.3, 0.4) is 0 Å². The van der Waals surface area contributed by atoms with E-state index >= 15 is 0 Å². The van der Waals surface area contributed by atoms with E-state index in [0.717, 1.165) is 30.5 Å². The summed E-state index contributed by atoms with van der Waals surface area (Å²) < 4.78 is 89.5. The van der Waals surface area contributed by atoms with Crippen molar-refractivity contribution in [2.45, 2.75) is 78.7 Å². The largest absolute Gasteiger partial charge is 0.476 e. The van der Waals surface area contributed by atoms with Crippen molar-refractivity contribution >= 4 is 51.3 Å². The number of aromatic carboxylic acids is 1. The lowest BCUT2D eigenvalue weighted by molar-refractivity contribution is 0.0688. The molecule has 0 bridgehead atoms. The first-order chi connectivity index (χ1) is 28.9. The van der Waals surface area contributed by atoms with Crippen LogP contribution in [-0.4, -0.2) is 84.1 Å². The van der Waals surface area contributed by atoms with Crippen molar-refractivity contribution in [3.63, 3.8) is 0 Å². The summed E-state index contributed by atoms with van der Waals surface area (Å²) in [6.07, 6.45) is -2.19. The lowest BCUT2D eigenvalue weighted by atomic mass is 9.78. The molecule has 0 unspecified atom stereocenters.